The molecule has 1 aromatic rings. The summed E-state index contributed by atoms with van der Waals surface area (Å²) in [5.74, 6) is -0.520. The van der Waals surface area contributed by atoms with Crippen molar-refractivity contribution in [2.24, 2.45) is 0 Å². The number of ether oxygens (including phenoxy) is 2. The minimum absolute atomic E-state index is 0.0182. The van der Waals surface area contributed by atoms with Crippen LogP contribution in [0.1, 0.15) is 15.9 Å². The van der Waals surface area contributed by atoms with E-state index in [1.165, 1.54) is 6.07 Å². The second-order valence-corrected chi connectivity index (χ2v) is 3.78. The highest BCUT2D eigenvalue weighted by Gasteiger charge is 2.21. The molecule has 0 bridgehead atoms. The maximum atomic E-state index is 10.9. The second kappa shape index (κ2) is 4.02. The van der Waals surface area contributed by atoms with Gasteiger partial charge in [0.05, 0.1) is 18.8 Å². The van der Waals surface area contributed by atoms with E-state index in [0.717, 1.165) is 0 Å². The molecule has 5 nitrogen and oxygen atoms in total. The van der Waals surface area contributed by atoms with Crippen LogP contribution in [0.15, 0.2) is 12.1 Å². The van der Waals surface area contributed by atoms with E-state index >= 15 is 0 Å². The van der Waals surface area contributed by atoms with Crippen LogP contribution in [0.25, 0.3) is 0 Å². The van der Waals surface area contributed by atoms with E-state index < -0.39 is 5.97 Å². The highest BCUT2D eigenvalue weighted by atomic mass is 16.6. The molecular weight excluding hydrogens is 210 g/mol. The Bertz CT molecular complexity index is 426. The molecule has 0 aromatic heterocycles. The lowest BCUT2D eigenvalue weighted by Gasteiger charge is -2.27. The SMILES string of the molecule is Cc1cc(OC2COC2)cc(C(=O)O)c1N. The number of hydrogen-bond donors (Lipinski definition) is 2. The van der Waals surface area contributed by atoms with Gasteiger partial charge in [0.1, 0.15) is 11.9 Å². The average Bonchev–Trinajstić information content (AvgIpc) is 2.16. The number of nitrogen functional groups attached to an aromatic ring is 1. The minimum Gasteiger partial charge on any atom is -0.486 e. The molecule has 1 fully saturated rings. The highest BCUT2D eigenvalue weighted by Crippen LogP contribution is 2.26. The third kappa shape index (κ3) is 1.94. The first-order valence-electron chi connectivity index (χ1n) is 4.95. The van der Waals surface area contributed by atoms with Gasteiger partial charge in [0.15, 0.2) is 0 Å². The molecule has 0 aliphatic carbocycles. The largest absolute Gasteiger partial charge is 0.486 e. The van der Waals surface area contributed by atoms with Crippen LogP contribution >= 0.6 is 0 Å². The third-order valence-corrected chi connectivity index (χ3v) is 2.50. The van der Waals surface area contributed by atoms with E-state index in [9.17, 15) is 4.79 Å². The van der Waals surface area contributed by atoms with Crippen LogP contribution in [-0.2, 0) is 4.74 Å². The molecule has 0 unspecified atom stereocenters. The Kier molecular flexibility index (Phi) is 2.70. The van der Waals surface area contributed by atoms with Crippen molar-refractivity contribution < 1.29 is 19.4 Å². The zero-order chi connectivity index (χ0) is 11.7. The molecule has 3 N–H and O–H groups in total. The van der Waals surface area contributed by atoms with Crippen molar-refractivity contribution in [1.82, 2.24) is 0 Å². The number of aryl methyl sites for hydroxylation is 1. The monoisotopic (exact) mass is 223 g/mol. The van der Waals surface area contributed by atoms with Crippen molar-refractivity contribution in [2.45, 2.75) is 13.0 Å². The number of hydrogen-bond acceptors (Lipinski definition) is 4. The zero-order valence-corrected chi connectivity index (χ0v) is 8.90. The average molecular weight is 223 g/mol. The quantitative estimate of drug-likeness (QED) is 0.748. The number of carbonyl (C=O) groups is 1. The van der Waals surface area contributed by atoms with Crippen molar-refractivity contribution in [3.05, 3.63) is 23.3 Å². The van der Waals surface area contributed by atoms with Gasteiger partial charge >= 0.3 is 5.97 Å². The van der Waals surface area contributed by atoms with Gasteiger partial charge in [-0.05, 0) is 24.6 Å². The summed E-state index contributed by atoms with van der Waals surface area (Å²) in [4.78, 5) is 10.9. The highest BCUT2D eigenvalue weighted by molar-refractivity contribution is 5.95. The Morgan fingerprint density at radius 3 is 2.75 bits per heavy atom. The Hall–Kier alpha value is -1.75. The second-order valence-electron chi connectivity index (χ2n) is 3.78. The van der Waals surface area contributed by atoms with Crippen LogP contribution < -0.4 is 10.5 Å². The van der Waals surface area contributed by atoms with Gasteiger partial charge in [-0.25, -0.2) is 4.79 Å². The van der Waals surface area contributed by atoms with Gasteiger partial charge < -0.3 is 20.3 Å². The molecule has 1 aliphatic rings. The van der Waals surface area contributed by atoms with Crippen LogP contribution in [0.3, 0.4) is 0 Å². The van der Waals surface area contributed by atoms with E-state index in [1.54, 1.807) is 13.0 Å². The van der Waals surface area contributed by atoms with Gasteiger partial charge in [-0.2, -0.15) is 0 Å². The lowest BCUT2D eigenvalue weighted by molar-refractivity contribution is -0.0797. The third-order valence-electron chi connectivity index (χ3n) is 2.50. The first kappa shape index (κ1) is 10.8. The standard InChI is InChI=1S/C11H13NO4/c1-6-2-7(16-8-4-15-5-8)3-9(10(6)12)11(13)14/h2-3,8H,4-5,12H2,1H3,(H,13,14). The maximum absolute atomic E-state index is 10.9. The van der Waals surface area contributed by atoms with Gasteiger partial charge in [-0.15, -0.1) is 0 Å². The molecule has 1 aromatic carbocycles. The summed E-state index contributed by atoms with van der Waals surface area (Å²) in [6.07, 6.45) is 0.0182. The smallest absolute Gasteiger partial charge is 0.337 e. The molecule has 1 aliphatic heterocycles. The fourth-order valence-corrected chi connectivity index (χ4v) is 1.48. The summed E-state index contributed by atoms with van der Waals surface area (Å²) in [5, 5.41) is 8.96. The van der Waals surface area contributed by atoms with Crippen molar-refractivity contribution in [3.63, 3.8) is 0 Å². The van der Waals surface area contributed by atoms with E-state index in [2.05, 4.69) is 0 Å². The predicted molar refractivity (Wildman–Crippen MR) is 57.8 cm³/mol. The Labute approximate surface area is 92.8 Å². The van der Waals surface area contributed by atoms with Gasteiger partial charge in [0.25, 0.3) is 0 Å². The molecule has 0 spiro atoms. The van der Waals surface area contributed by atoms with Gasteiger partial charge in [0.2, 0.25) is 0 Å². The molecular formula is C11H13NO4. The van der Waals surface area contributed by atoms with E-state index in [1.807, 2.05) is 0 Å². The number of carboxylic acid groups (broad SMARTS) is 1. The number of benzene rings is 1. The fourth-order valence-electron chi connectivity index (χ4n) is 1.48. The topological polar surface area (TPSA) is 81.8 Å². The molecule has 1 heterocycles. The van der Waals surface area contributed by atoms with Crippen molar-refractivity contribution in [1.29, 1.82) is 0 Å². The Morgan fingerprint density at radius 2 is 2.25 bits per heavy atom. The lowest BCUT2D eigenvalue weighted by atomic mass is 10.1. The Balaban J connectivity index is 2.28. The van der Waals surface area contributed by atoms with Crippen LogP contribution in [0, 0.1) is 6.92 Å². The molecule has 1 saturated heterocycles. The van der Waals surface area contributed by atoms with Crippen molar-refractivity contribution >= 4 is 11.7 Å². The number of anilines is 1. The first-order valence-corrected chi connectivity index (χ1v) is 4.95. The summed E-state index contributed by atoms with van der Waals surface area (Å²) in [6, 6.07) is 3.18. The fraction of sp³-hybridized carbons (Fsp3) is 0.364. The van der Waals surface area contributed by atoms with Gasteiger partial charge in [0, 0.05) is 5.69 Å². The molecule has 0 amide bonds. The summed E-state index contributed by atoms with van der Waals surface area (Å²) in [6.45, 7) is 2.85. The number of nitrogens with two attached hydrogens (primary N) is 1. The normalized spacial score (nSPS) is 15.6. The van der Waals surface area contributed by atoms with Crippen LogP contribution in [-0.4, -0.2) is 30.4 Å². The lowest BCUT2D eigenvalue weighted by Crippen LogP contribution is -2.38. The van der Waals surface area contributed by atoms with Crippen LogP contribution in [0.5, 0.6) is 5.75 Å². The van der Waals surface area contributed by atoms with Crippen molar-refractivity contribution in [2.75, 3.05) is 18.9 Å². The molecule has 0 atom stereocenters. The molecule has 5 heteroatoms. The number of rotatable bonds is 3. The summed E-state index contributed by atoms with van der Waals surface area (Å²) >= 11 is 0. The van der Waals surface area contributed by atoms with E-state index in [0.29, 0.717) is 24.5 Å². The number of aromatic carboxylic acids is 1. The summed E-state index contributed by atoms with van der Waals surface area (Å²) < 4.78 is 10.5. The summed E-state index contributed by atoms with van der Waals surface area (Å²) in [5.41, 5.74) is 6.73. The molecule has 86 valence electrons. The summed E-state index contributed by atoms with van der Waals surface area (Å²) in [7, 11) is 0. The molecule has 0 saturated carbocycles. The molecule has 0 radical (unpaired) electrons. The zero-order valence-electron chi connectivity index (χ0n) is 8.90. The van der Waals surface area contributed by atoms with Crippen LogP contribution in [0.2, 0.25) is 0 Å². The van der Waals surface area contributed by atoms with Gasteiger partial charge in [-0.3, -0.25) is 0 Å². The molecule has 2 rings (SSSR count). The van der Waals surface area contributed by atoms with E-state index in [-0.39, 0.29) is 17.4 Å². The van der Waals surface area contributed by atoms with Crippen LogP contribution in [0.4, 0.5) is 5.69 Å². The van der Waals surface area contributed by atoms with Gasteiger partial charge in [-0.1, -0.05) is 0 Å². The Morgan fingerprint density at radius 1 is 1.56 bits per heavy atom. The van der Waals surface area contributed by atoms with E-state index in [4.69, 9.17) is 20.3 Å². The predicted octanol–water partition coefficient (Wildman–Crippen LogP) is 1.05. The molecule has 16 heavy (non-hydrogen) atoms. The maximum Gasteiger partial charge on any atom is 0.337 e. The number of carboxylic acids is 1. The minimum atomic E-state index is -1.05. The first-order chi connectivity index (χ1) is 7.58. The van der Waals surface area contributed by atoms with Crippen molar-refractivity contribution in [3.8, 4) is 5.75 Å².